The first-order chi connectivity index (χ1) is 16.1. The van der Waals surface area contributed by atoms with Gasteiger partial charge in [0.25, 0.3) is 0 Å². The monoisotopic (exact) mass is 520 g/mol. The van der Waals surface area contributed by atoms with Gasteiger partial charge in [-0.2, -0.15) is 0 Å². The predicted molar refractivity (Wildman–Crippen MR) is 131 cm³/mol. The van der Waals surface area contributed by atoms with Gasteiger partial charge in [-0.05, 0) is 24.7 Å². The minimum absolute atomic E-state index is 0. The molecule has 0 aromatic rings. The molecule has 208 valence electrons. The lowest BCUT2D eigenvalue weighted by Crippen LogP contribution is -2.40. The normalized spacial score (nSPS) is 11.7. The zero-order valence-electron chi connectivity index (χ0n) is 20.7. The average molecular weight is 521 g/mol. The van der Waals surface area contributed by atoms with Crippen LogP contribution in [0.3, 0.4) is 0 Å². The Bertz CT molecular complexity index is 759. The summed E-state index contributed by atoms with van der Waals surface area (Å²) < 4.78 is 8.41. The van der Waals surface area contributed by atoms with Crippen LogP contribution in [0.4, 0.5) is 0 Å². The van der Waals surface area contributed by atoms with Crippen LogP contribution in [0.25, 0.3) is 0 Å². The molecule has 0 heterocycles. The van der Waals surface area contributed by atoms with E-state index in [4.69, 9.17) is 21.1 Å². The zero-order valence-corrected chi connectivity index (χ0v) is 20.7. The fraction of sp³-hybridized carbons (Fsp3) is 0.565. The number of carbonyl (C=O) groups is 6. The molecule has 6 N–H and O–H groups in total. The molecule has 0 radical (unpaired) electrons. The van der Waals surface area contributed by atoms with Gasteiger partial charge in [-0.25, -0.2) is 19.2 Å². The third kappa shape index (κ3) is 28.3. The molecule has 0 aromatic heterocycles. The summed E-state index contributed by atoms with van der Waals surface area (Å²) in [5.41, 5.74) is 5.22. The maximum absolute atomic E-state index is 11.3. The van der Waals surface area contributed by atoms with Crippen molar-refractivity contribution in [2.45, 2.75) is 60.0 Å². The average Bonchev–Trinajstić information content (AvgIpc) is 2.75. The van der Waals surface area contributed by atoms with Gasteiger partial charge in [0.15, 0.2) is 0 Å². The molecule has 0 aromatic carbocycles. The maximum atomic E-state index is 11.3. The number of ether oxygens (including phenoxy) is 2. The summed E-state index contributed by atoms with van der Waals surface area (Å²) in [6, 6.07) is -1.64. The van der Waals surface area contributed by atoms with E-state index in [1.165, 1.54) is 14.2 Å². The third-order valence-corrected chi connectivity index (χ3v) is 3.50. The predicted octanol–water partition coefficient (Wildman–Crippen LogP) is 1.21. The lowest BCUT2D eigenvalue weighted by atomic mass is 10.0. The number of hydrogen-bond acceptors (Lipinski definition) is 9. The Balaban J connectivity index is -0.000000230. The van der Waals surface area contributed by atoms with E-state index in [0.29, 0.717) is 24.8 Å². The number of carboxylic acids is 3. The minimum atomic E-state index is -1.17. The molecule has 1 amide bonds. The summed E-state index contributed by atoms with van der Waals surface area (Å²) in [7, 11) is 2.36. The number of carbonyl (C=O) groups excluding carboxylic acids is 3. The number of rotatable bonds is 11. The van der Waals surface area contributed by atoms with Crippen molar-refractivity contribution in [3.63, 3.8) is 0 Å². The smallest absolute Gasteiger partial charge is 0.330 e. The molecule has 0 saturated heterocycles. The van der Waals surface area contributed by atoms with Crippen molar-refractivity contribution < 1.29 is 53.6 Å². The van der Waals surface area contributed by atoms with Crippen LogP contribution in [-0.2, 0) is 38.2 Å². The first-order valence-electron chi connectivity index (χ1n) is 10.3. The summed E-state index contributed by atoms with van der Waals surface area (Å²) >= 11 is 0. The lowest BCUT2D eigenvalue weighted by Gasteiger charge is -2.15. The lowest BCUT2D eigenvalue weighted by molar-refractivity contribution is -0.141. The van der Waals surface area contributed by atoms with Crippen molar-refractivity contribution in [2.24, 2.45) is 17.6 Å². The second-order valence-electron chi connectivity index (χ2n) is 7.65. The Morgan fingerprint density at radius 3 is 1.44 bits per heavy atom. The van der Waals surface area contributed by atoms with Crippen LogP contribution < -0.4 is 11.1 Å². The van der Waals surface area contributed by atoms with E-state index < -0.39 is 47.8 Å². The number of nitrogens with one attached hydrogen (secondary N) is 1. The van der Waals surface area contributed by atoms with E-state index in [1.54, 1.807) is 0 Å². The quantitative estimate of drug-likeness (QED) is 0.192. The molecular weight excluding hydrogens is 480 g/mol. The van der Waals surface area contributed by atoms with E-state index in [1.807, 2.05) is 27.7 Å². The van der Waals surface area contributed by atoms with Gasteiger partial charge in [-0.1, -0.05) is 35.1 Å². The highest BCUT2D eigenvalue weighted by atomic mass is 16.5. The first kappa shape index (κ1) is 39.5. The third-order valence-electron chi connectivity index (χ3n) is 3.50. The van der Waals surface area contributed by atoms with E-state index in [9.17, 15) is 28.8 Å². The van der Waals surface area contributed by atoms with Gasteiger partial charge in [0.2, 0.25) is 5.91 Å². The van der Waals surface area contributed by atoms with Crippen LogP contribution in [-0.4, -0.2) is 77.4 Å². The van der Waals surface area contributed by atoms with Gasteiger partial charge in [-0.15, -0.1) is 0 Å². The van der Waals surface area contributed by atoms with Crippen molar-refractivity contribution in [3.8, 4) is 0 Å². The highest BCUT2D eigenvalue weighted by Gasteiger charge is 2.20. The van der Waals surface area contributed by atoms with Crippen LogP contribution in [0, 0.1) is 11.8 Å². The number of amides is 1. The number of nitrogens with two attached hydrogens (primary N) is 1. The molecule has 0 saturated carbocycles. The topological polar surface area (TPSA) is 220 Å². The zero-order chi connectivity index (χ0) is 28.1. The molecule has 0 rings (SSSR count). The van der Waals surface area contributed by atoms with Crippen LogP contribution in [0.15, 0.2) is 24.3 Å². The van der Waals surface area contributed by atoms with Gasteiger partial charge in [0, 0.05) is 24.3 Å². The maximum Gasteiger partial charge on any atom is 0.330 e. The minimum Gasteiger partial charge on any atom is -0.480 e. The molecular formula is C23H40N2O11. The van der Waals surface area contributed by atoms with Crippen molar-refractivity contribution in [1.29, 1.82) is 0 Å². The molecule has 13 heteroatoms. The second-order valence-corrected chi connectivity index (χ2v) is 7.65. The molecule has 36 heavy (non-hydrogen) atoms. The van der Waals surface area contributed by atoms with Crippen molar-refractivity contribution in [1.82, 2.24) is 5.32 Å². The van der Waals surface area contributed by atoms with E-state index >= 15 is 0 Å². The van der Waals surface area contributed by atoms with E-state index in [2.05, 4.69) is 14.8 Å². The Morgan fingerprint density at radius 2 is 1.17 bits per heavy atom. The molecule has 2 atom stereocenters. The SMILES string of the molecule is C.CC(C)C[C@H](N)C(=O)O.COC(=O)/C=C/C(=O)N[C@@H](CC(C)C)C(=O)O.COC(=O)/C=C/C(=O)O. The van der Waals surface area contributed by atoms with E-state index in [0.717, 1.165) is 18.2 Å². The first-order valence-corrected chi connectivity index (χ1v) is 10.3. The van der Waals surface area contributed by atoms with Gasteiger partial charge in [0.1, 0.15) is 12.1 Å². The van der Waals surface area contributed by atoms with E-state index in [-0.39, 0.29) is 13.3 Å². The fourth-order valence-electron chi connectivity index (χ4n) is 1.94. The molecule has 0 unspecified atom stereocenters. The summed E-state index contributed by atoms with van der Waals surface area (Å²) in [5, 5.41) is 27.4. The molecule has 0 aliphatic rings. The van der Waals surface area contributed by atoms with Crippen molar-refractivity contribution in [3.05, 3.63) is 24.3 Å². The van der Waals surface area contributed by atoms with Crippen molar-refractivity contribution >= 4 is 35.8 Å². The Kier molecular flexibility index (Phi) is 25.2. The number of methoxy groups -OCH3 is 2. The highest BCUT2D eigenvalue weighted by Crippen LogP contribution is 2.05. The summed E-state index contributed by atoms with van der Waals surface area (Å²) in [4.78, 5) is 62.8. The summed E-state index contributed by atoms with van der Waals surface area (Å²) in [6.45, 7) is 7.60. The van der Waals surface area contributed by atoms with Crippen LogP contribution in [0.5, 0.6) is 0 Å². The Labute approximate surface area is 211 Å². The molecule has 0 fully saturated rings. The Morgan fingerprint density at radius 1 is 0.750 bits per heavy atom. The van der Waals surface area contributed by atoms with Gasteiger partial charge >= 0.3 is 29.8 Å². The standard InChI is InChI=1S/C11H17NO5.C6H13NO2.C5H6O4.CH4/c1-7(2)6-8(11(15)16)12-9(13)4-5-10(14)17-3;1-4(2)3-5(7)6(8)9;1-9-5(8)3-2-4(6)7;/h4-5,7-8H,6H2,1-3H3,(H,12,13)(H,15,16);4-5H,3,7H2,1-2H3,(H,8,9);2-3H,1H3,(H,6,7);1H4/b5-4+;;3-2+;/t8-;5-;;/m00../s1. The van der Waals surface area contributed by atoms with Crippen LogP contribution in [0.1, 0.15) is 48.0 Å². The van der Waals surface area contributed by atoms with Gasteiger partial charge < -0.3 is 35.8 Å². The van der Waals surface area contributed by atoms with Gasteiger partial charge in [0.05, 0.1) is 14.2 Å². The molecule has 13 nitrogen and oxygen atoms in total. The summed E-state index contributed by atoms with van der Waals surface area (Å²) in [5.74, 6) is -4.66. The van der Waals surface area contributed by atoms with Crippen molar-refractivity contribution in [2.75, 3.05) is 14.2 Å². The number of aliphatic carboxylic acids is 3. The number of esters is 2. The fourth-order valence-corrected chi connectivity index (χ4v) is 1.94. The van der Waals surface area contributed by atoms with Crippen LogP contribution in [0.2, 0.25) is 0 Å². The van der Waals surface area contributed by atoms with Gasteiger partial charge in [-0.3, -0.25) is 9.59 Å². The largest absolute Gasteiger partial charge is 0.480 e. The molecule has 0 bridgehead atoms. The second kappa shape index (κ2) is 23.0. The molecule has 0 aliphatic heterocycles. The Hall–Kier alpha value is -3.74. The summed E-state index contributed by atoms with van der Waals surface area (Å²) in [6.07, 6.45) is 4.31. The van der Waals surface area contributed by atoms with Crippen LogP contribution >= 0.6 is 0 Å². The molecule has 0 aliphatic carbocycles. The number of carboxylic acid groups (broad SMARTS) is 3. The highest BCUT2D eigenvalue weighted by molar-refractivity contribution is 5.96. The molecule has 0 spiro atoms. The number of hydrogen-bond donors (Lipinski definition) is 5.